The van der Waals surface area contributed by atoms with Crippen molar-refractivity contribution in [3.8, 4) is 5.82 Å². The summed E-state index contributed by atoms with van der Waals surface area (Å²) in [4.78, 5) is 17.3. The van der Waals surface area contributed by atoms with Crippen molar-refractivity contribution in [1.82, 2.24) is 25.0 Å². The van der Waals surface area contributed by atoms with Crippen molar-refractivity contribution < 1.29 is 9.53 Å². The zero-order valence-electron chi connectivity index (χ0n) is 16.6. The number of carbonyl (C=O) groups is 1. The van der Waals surface area contributed by atoms with Crippen molar-refractivity contribution in [2.45, 2.75) is 27.7 Å². The molecule has 0 bridgehead atoms. The number of benzene rings is 1. The molecule has 0 radical (unpaired) electrons. The largest absolute Gasteiger partial charge is 0.462 e. The molecule has 0 aliphatic heterocycles. The van der Waals surface area contributed by atoms with Gasteiger partial charge in [-0.25, -0.2) is 9.78 Å². The Balaban J connectivity index is 1.88. The standard InChI is InChI=1S/C20H20N6O2S/c1-5-28-19(27)15-10-21-26(18(15)23-20-25-24-13(4)29-20)16-9-12(3)14-8-6-7-11(2)17(14)22-16/h6-10H,5H2,1-4H3,(H,23,25). The Morgan fingerprint density at radius 2 is 2.03 bits per heavy atom. The molecule has 0 spiro atoms. The molecule has 9 heteroatoms. The van der Waals surface area contributed by atoms with Gasteiger partial charge in [0.2, 0.25) is 5.13 Å². The number of aryl methyl sites for hydroxylation is 3. The SMILES string of the molecule is CCOC(=O)c1cnn(-c2cc(C)c3cccc(C)c3n2)c1Nc1nnc(C)s1. The van der Waals surface area contributed by atoms with E-state index in [1.165, 1.54) is 17.5 Å². The van der Waals surface area contributed by atoms with Crippen LogP contribution in [0.3, 0.4) is 0 Å². The van der Waals surface area contributed by atoms with Gasteiger partial charge in [0, 0.05) is 5.39 Å². The number of para-hydroxylation sites is 1. The summed E-state index contributed by atoms with van der Waals surface area (Å²) in [6.45, 7) is 7.96. The van der Waals surface area contributed by atoms with Crippen LogP contribution in [0.5, 0.6) is 0 Å². The Morgan fingerprint density at radius 3 is 2.76 bits per heavy atom. The Kier molecular flexibility index (Phi) is 4.98. The molecule has 0 fully saturated rings. The molecule has 4 rings (SSSR count). The highest BCUT2D eigenvalue weighted by Gasteiger charge is 2.22. The average molecular weight is 408 g/mol. The number of aromatic nitrogens is 5. The first-order valence-corrected chi connectivity index (χ1v) is 9.99. The van der Waals surface area contributed by atoms with Gasteiger partial charge in [0.25, 0.3) is 0 Å². The van der Waals surface area contributed by atoms with Gasteiger partial charge >= 0.3 is 5.97 Å². The third kappa shape index (κ3) is 3.56. The summed E-state index contributed by atoms with van der Waals surface area (Å²) in [7, 11) is 0. The average Bonchev–Trinajstić information content (AvgIpc) is 3.29. The van der Waals surface area contributed by atoms with Crippen LogP contribution in [0.15, 0.2) is 30.5 Å². The van der Waals surface area contributed by atoms with Gasteiger partial charge in [0.05, 0.1) is 18.3 Å². The molecular formula is C20H20N6O2S. The predicted octanol–water partition coefficient (Wildman–Crippen LogP) is 4.12. The van der Waals surface area contributed by atoms with Crippen molar-refractivity contribution in [3.63, 3.8) is 0 Å². The monoisotopic (exact) mass is 408 g/mol. The number of esters is 1. The van der Waals surface area contributed by atoms with E-state index in [0.29, 0.717) is 22.3 Å². The highest BCUT2D eigenvalue weighted by atomic mass is 32.1. The number of hydrogen-bond acceptors (Lipinski definition) is 8. The lowest BCUT2D eigenvalue weighted by atomic mass is 10.1. The molecule has 3 aromatic heterocycles. The number of carbonyl (C=O) groups excluding carboxylic acids is 1. The molecule has 0 amide bonds. The van der Waals surface area contributed by atoms with E-state index in [2.05, 4.69) is 20.6 Å². The number of nitrogens with one attached hydrogen (secondary N) is 1. The fourth-order valence-corrected chi connectivity index (χ4v) is 3.69. The number of anilines is 2. The van der Waals surface area contributed by atoms with Crippen LogP contribution in [0.2, 0.25) is 0 Å². The van der Waals surface area contributed by atoms with Gasteiger partial charge in [-0.05, 0) is 44.9 Å². The number of rotatable bonds is 5. The molecular weight excluding hydrogens is 388 g/mol. The topological polar surface area (TPSA) is 94.8 Å². The van der Waals surface area contributed by atoms with Crippen LogP contribution in [0.25, 0.3) is 16.7 Å². The molecule has 1 aromatic carbocycles. The number of pyridine rings is 1. The quantitative estimate of drug-likeness (QED) is 0.496. The Morgan fingerprint density at radius 1 is 1.21 bits per heavy atom. The molecule has 4 aromatic rings. The molecule has 0 saturated carbocycles. The minimum Gasteiger partial charge on any atom is -0.462 e. The van der Waals surface area contributed by atoms with Crippen molar-refractivity contribution in [2.75, 3.05) is 11.9 Å². The van der Waals surface area contributed by atoms with E-state index < -0.39 is 5.97 Å². The maximum Gasteiger partial charge on any atom is 0.343 e. The fourth-order valence-electron chi connectivity index (χ4n) is 3.10. The molecule has 0 unspecified atom stereocenters. The van der Waals surface area contributed by atoms with E-state index in [0.717, 1.165) is 27.0 Å². The summed E-state index contributed by atoms with van der Waals surface area (Å²) in [5, 5.41) is 18.2. The van der Waals surface area contributed by atoms with Gasteiger partial charge in [0.15, 0.2) is 11.6 Å². The van der Waals surface area contributed by atoms with E-state index in [9.17, 15) is 4.79 Å². The molecule has 3 heterocycles. The van der Waals surface area contributed by atoms with Crippen LogP contribution in [-0.4, -0.2) is 37.5 Å². The third-order valence-electron chi connectivity index (χ3n) is 4.47. The van der Waals surface area contributed by atoms with Gasteiger partial charge < -0.3 is 10.1 Å². The summed E-state index contributed by atoms with van der Waals surface area (Å²) in [5.41, 5.74) is 3.34. The maximum absolute atomic E-state index is 12.5. The zero-order valence-corrected chi connectivity index (χ0v) is 17.4. The second-order valence-electron chi connectivity index (χ2n) is 6.56. The zero-order chi connectivity index (χ0) is 20.5. The Hall–Kier alpha value is -3.33. The molecule has 29 heavy (non-hydrogen) atoms. The molecule has 148 valence electrons. The molecule has 0 saturated heterocycles. The smallest absolute Gasteiger partial charge is 0.343 e. The van der Waals surface area contributed by atoms with Crippen LogP contribution in [0, 0.1) is 20.8 Å². The number of nitrogens with zero attached hydrogens (tertiary/aromatic N) is 5. The molecule has 0 aliphatic carbocycles. The summed E-state index contributed by atoms with van der Waals surface area (Å²) < 4.78 is 6.79. The summed E-state index contributed by atoms with van der Waals surface area (Å²) in [6, 6.07) is 8.03. The third-order valence-corrected chi connectivity index (χ3v) is 5.22. The lowest BCUT2D eigenvalue weighted by molar-refractivity contribution is 0.0527. The van der Waals surface area contributed by atoms with Crippen LogP contribution in [-0.2, 0) is 4.74 Å². The lowest BCUT2D eigenvalue weighted by Gasteiger charge is -2.12. The Labute approximate surface area is 171 Å². The minimum atomic E-state index is -0.462. The molecule has 0 atom stereocenters. The molecule has 8 nitrogen and oxygen atoms in total. The van der Waals surface area contributed by atoms with Gasteiger partial charge in [-0.3, -0.25) is 0 Å². The van der Waals surface area contributed by atoms with E-state index in [-0.39, 0.29) is 6.61 Å². The fraction of sp³-hybridized carbons (Fsp3) is 0.250. The summed E-state index contributed by atoms with van der Waals surface area (Å²) in [5.74, 6) is 0.583. The van der Waals surface area contributed by atoms with Crippen LogP contribution in [0.1, 0.15) is 33.4 Å². The van der Waals surface area contributed by atoms with Gasteiger partial charge in [-0.15, -0.1) is 10.2 Å². The predicted molar refractivity (Wildman–Crippen MR) is 112 cm³/mol. The summed E-state index contributed by atoms with van der Waals surface area (Å²) >= 11 is 1.38. The van der Waals surface area contributed by atoms with E-state index >= 15 is 0 Å². The van der Waals surface area contributed by atoms with E-state index in [1.54, 1.807) is 11.6 Å². The first-order chi connectivity index (χ1) is 14.0. The summed E-state index contributed by atoms with van der Waals surface area (Å²) in [6.07, 6.45) is 1.48. The highest BCUT2D eigenvalue weighted by Crippen LogP contribution is 2.28. The van der Waals surface area contributed by atoms with Crippen molar-refractivity contribution in [2.24, 2.45) is 0 Å². The van der Waals surface area contributed by atoms with E-state index in [1.807, 2.05) is 45.0 Å². The van der Waals surface area contributed by atoms with Gasteiger partial charge in [0.1, 0.15) is 10.6 Å². The van der Waals surface area contributed by atoms with Crippen LogP contribution >= 0.6 is 11.3 Å². The number of fused-ring (bicyclic) bond motifs is 1. The molecule has 0 aliphatic rings. The normalized spacial score (nSPS) is 11.0. The van der Waals surface area contributed by atoms with Crippen molar-refractivity contribution in [1.29, 1.82) is 0 Å². The minimum absolute atomic E-state index is 0.272. The van der Waals surface area contributed by atoms with E-state index in [4.69, 9.17) is 9.72 Å². The highest BCUT2D eigenvalue weighted by molar-refractivity contribution is 7.15. The second-order valence-corrected chi connectivity index (χ2v) is 7.74. The van der Waals surface area contributed by atoms with Crippen molar-refractivity contribution in [3.05, 3.63) is 52.2 Å². The molecule has 1 N–H and O–H groups in total. The number of ether oxygens (including phenoxy) is 1. The second kappa shape index (κ2) is 7.59. The lowest BCUT2D eigenvalue weighted by Crippen LogP contribution is -2.10. The number of hydrogen-bond donors (Lipinski definition) is 1. The van der Waals surface area contributed by atoms with Crippen LogP contribution < -0.4 is 5.32 Å². The van der Waals surface area contributed by atoms with Gasteiger partial charge in [-0.1, -0.05) is 29.5 Å². The van der Waals surface area contributed by atoms with Gasteiger partial charge in [-0.2, -0.15) is 9.78 Å². The first kappa shape index (κ1) is 19.0. The first-order valence-electron chi connectivity index (χ1n) is 9.17. The van der Waals surface area contributed by atoms with Crippen LogP contribution in [0.4, 0.5) is 10.9 Å². The maximum atomic E-state index is 12.5. The Bertz CT molecular complexity index is 1210. The van der Waals surface area contributed by atoms with Crippen molar-refractivity contribution >= 4 is 39.2 Å².